The van der Waals surface area contributed by atoms with Gasteiger partial charge in [0.05, 0.1) is 23.3 Å². The Bertz CT molecular complexity index is 1370. The van der Waals surface area contributed by atoms with Gasteiger partial charge < -0.3 is 15.2 Å². The average Bonchev–Trinajstić information content (AvgIpc) is 3.59. The summed E-state index contributed by atoms with van der Waals surface area (Å²) in [7, 11) is 1.99. The molecule has 0 fully saturated rings. The predicted molar refractivity (Wildman–Crippen MR) is 132 cm³/mol. The molecule has 0 unspecified atom stereocenters. The van der Waals surface area contributed by atoms with E-state index in [1.54, 1.807) is 0 Å². The summed E-state index contributed by atoms with van der Waals surface area (Å²) in [4.78, 5) is 29.5. The molecule has 4 aromatic rings. The minimum absolute atomic E-state index is 0.239. The Balaban J connectivity index is 1.24. The number of amides is 1. The third-order valence-corrected chi connectivity index (χ3v) is 7.63. The number of carboxylic acid groups (broad SMARTS) is 1. The van der Waals surface area contributed by atoms with Crippen molar-refractivity contribution in [1.82, 2.24) is 20.5 Å². The molecule has 0 aliphatic heterocycles. The Morgan fingerprint density at radius 3 is 2.56 bits per heavy atom. The number of aryl methyl sites for hydroxylation is 3. The zero-order valence-corrected chi connectivity index (χ0v) is 20.8. The number of benzene rings is 1. The van der Waals surface area contributed by atoms with Gasteiger partial charge in [-0.15, -0.1) is 11.3 Å². The molecule has 1 aliphatic carbocycles. The highest BCUT2D eigenvalue weighted by Gasteiger charge is 2.43. The highest BCUT2D eigenvalue weighted by molar-refractivity contribution is 7.09. The topological polar surface area (TPSA) is 115 Å². The molecule has 0 bridgehead atoms. The van der Waals surface area contributed by atoms with E-state index in [-0.39, 0.29) is 18.9 Å². The molecule has 0 radical (unpaired) electrons. The van der Waals surface area contributed by atoms with E-state index < -0.39 is 11.4 Å². The van der Waals surface area contributed by atoms with E-state index in [1.165, 1.54) is 16.9 Å². The lowest BCUT2D eigenvalue weighted by atomic mass is 9.80. The number of nitrogens with zero attached hydrogens (tertiary/aromatic N) is 3. The van der Waals surface area contributed by atoms with Crippen molar-refractivity contribution >= 4 is 23.2 Å². The molecule has 2 N–H and O–H groups in total. The summed E-state index contributed by atoms with van der Waals surface area (Å²) in [6.45, 7) is 0.239. The SMILES string of the molecule is C[n+]1ccc(CCc2n[nH]cc2-c2csc(CNC(=O)C3(CC(=O)[O-])Cc4ccccc4C3)n2)cc1. The molecule has 36 heavy (non-hydrogen) atoms. The summed E-state index contributed by atoms with van der Waals surface area (Å²) in [5.41, 5.74) is 4.94. The largest absolute Gasteiger partial charge is 0.550 e. The van der Waals surface area contributed by atoms with Crippen LogP contribution in [-0.2, 0) is 48.9 Å². The second-order valence-corrected chi connectivity index (χ2v) is 10.3. The first-order valence-electron chi connectivity index (χ1n) is 11.9. The van der Waals surface area contributed by atoms with Gasteiger partial charge in [0.25, 0.3) is 0 Å². The number of hydrogen-bond acceptors (Lipinski definition) is 6. The normalized spacial score (nSPS) is 13.9. The van der Waals surface area contributed by atoms with Gasteiger partial charge >= 0.3 is 0 Å². The van der Waals surface area contributed by atoms with Gasteiger partial charge in [0.1, 0.15) is 12.1 Å². The van der Waals surface area contributed by atoms with E-state index in [4.69, 9.17) is 4.98 Å². The maximum absolute atomic E-state index is 13.2. The summed E-state index contributed by atoms with van der Waals surface area (Å²) in [5.74, 6) is -1.49. The van der Waals surface area contributed by atoms with Crippen LogP contribution in [0.15, 0.2) is 60.4 Å². The molecule has 0 saturated carbocycles. The fourth-order valence-electron chi connectivity index (χ4n) is 4.89. The lowest BCUT2D eigenvalue weighted by Gasteiger charge is -2.28. The number of aromatic nitrogens is 4. The van der Waals surface area contributed by atoms with Crippen LogP contribution in [-0.4, -0.2) is 27.1 Å². The second-order valence-electron chi connectivity index (χ2n) is 9.38. The van der Waals surface area contributed by atoms with Crippen LogP contribution in [0.25, 0.3) is 11.3 Å². The minimum atomic E-state index is -1.22. The van der Waals surface area contributed by atoms with Gasteiger partial charge in [-0.05, 0) is 42.4 Å². The fourth-order valence-corrected chi connectivity index (χ4v) is 5.62. The summed E-state index contributed by atoms with van der Waals surface area (Å²) < 4.78 is 2.00. The highest BCUT2D eigenvalue weighted by atomic mass is 32.1. The van der Waals surface area contributed by atoms with E-state index >= 15 is 0 Å². The molecule has 9 heteroatoms. The monoisotopic (exact) mass is 501 g/mol. The first-order valence-corrected chi connectivity index (χ1v) is 12.8. The van der Waals surface area contributed by atoms with E-state index in [9.17, 15) is 14.7 Å². The van der Waals surface area contributed by atoms with Crippen molar-refractivity contribution in [3.05, 3.63) is 87.8 Å². The maximum atomic E-state index is 13.2. The molecule has 0 spiro atoms. The molecule has 0 atom stereocenters. The summed E-state index contributed by atoms with van der Waals surface area (Å²) in [5, 5.41) is 24.5. The molecule has 1 amide bonds. The van der Waals surface area contributed by atoms with E-state index in [2.05, 4.69) is 27.6 Å². The smallest absolute Gasteiger partial charge is 0.227 e. The maximum Gasteiger partial charge on any atom is 0.227 e. The standard InChI is InChI=1S/C27H27N5O3S/c1-32-10-8-18(9-11-32)6-7-22-21(15-29-31-22)23-17-36-24(30-23)16-28-26(35)27(14-25(33)34)12-19-4-2-3-5-20(19)13-27/h2-5,8-11,15,17H,6-7,12-14,16H2,1H3,(H2-,28,29,31,33,34,35). The highest BCUT2D eigenvalue weighted by Crippen LogP contribution is 2.40. The lowest BCUT2D eigenvalue weighted by molar-refractivity contribution is -0.671. The number of carbonyl (C=O) groups excluding carboxylic acids is 2. The lowest BCUT2D eigenvalue weighted by Crippen LogP contribution is -2.45. The average molecular weight is 502 g/mol. The van der Waals surface area contributed by atoms with Crippen LogP contribution in [0.2, 0.25) is 0 Å². The second kappa shape index (κ2) is 10.0. The molecule has 0 saturated heterocycles. The molecule has 1 aliphatic rings. The number of carbonyl (C=O) groups is 2. The predicted octanol–water partition coefficient (Wildman–Crippen LogP) is 1.68. The van der Waals surface area contributed by atoms with Crippen molar-refractivity contribution in [3.63, 3.8) is 0 Å². The van der Waals surface area contributed by atoms with E-state index in [0.717, 1.165) is 45.9 Å². The zero-order chi connectivity index (χ0) is 25.1. The first-order chi connectivity index (χ1) is 17.4. The molecule has 3 heterocycles. The number of thiazole rings is 1. The third-order valence-electron chi connectivity index (χ3n) is 6.79. The first kappa shape index (κ1) is 23.9. The Hall–Kier alpha value is -3.85. The third kappa shape index (κ3) is 5.06. The Morgan fingerprint density at radius 2 is 1.86 bits per heavy atom. The van der Waals surface area contributed by atoms with Crippen LogP contribution in [0.3, 0.4) is 0 Å². The summed E-state index contributed by atoms with van der Waals surface area (Å²) >= 11 is 1.46. The van der Waals surface area contributed by atoms with Crippen LogP contribution in [0.1, 0.15) is 33.8 Å². The van der Waals surface area contributed by atoms with Gasteiger partial charge in [0.2, 0.25) is 5.91 Å². The van der Waals surface area contributed by atoms with Gasteiger partial charge in [-0.3, -0.25) is 9.89 Å². The summed E-state index contributed by atoms with van der Waals surface area (Å²) in [6.07, 6.45) is 8.04. The van der Waals surface area contributed by atoms with Gasteiger partial charge in [0.15, 0.2) is 12.4 Å². The summed E-state index contributed by atoms with van der Waals surface area (Å²) in [6, 6.07) is 11.9. The molecule has 3 aromatic heterocycles. The van der Waals surface area contributed by atoms with Crippen molar-refractivity contribution in [1.29, 1.82) is 0 Å². The molecule has 184 valence electrons. The number of hydrogen-bond donors (Lipinski definition) is 2. The Kier molecular flexibility index (Phi) is 6.65. The van der Waals surface area contributed by atoms with Crippen LogP contribution >= 0.6 is 11.3 Å². The van der Waals surface area contributed by atoms with Crippen molar-refractivity contribution in [3.8, 4) is 11.3 Å². The van der Waals surface area contributed by atoms with Gasteiger partial charge in [-0.2, -0.15) is 5.10 Å². The van der Waals surface area contributed by atoms with Crippen LogP contribution < -0.4 is 15.0 Å². The fraction of sp³-hybridized carbons (Fsp3) is 0.296. The van der Waals surface area contributed by atoms with E-state index in [1.807, 2.05) is 59.9 Å². The number of H-pyrrole nitrogens is 1. The number of fused-ring (bicyclic) bond motifs is 1. The molecular weight excluding hydrogens is 474 g/mol. The zero-order valence-electron chi connectivity index (χ0n) is 20.0. The van der Waals surface area contributed by atoms with Crippen LogP contribution in [0.5, 0.6) is 0 Å². The van der Waals surface area contributed by atoms with Crippen LogP contribution in [0.4, 0.5) is 0 Å². The number of pyridine rings is 1. The minimum Gasteiger partial charge on any atom is -0.550 e. The molecule has 1 aromatic carbocycles. The van der Waals surface area contributed by atoms with E-state index in [0.29, 0.717) is 12.8 Å². The number of aromatic amines is 1. The number of rotatable bonds is 9. The number of nitrogens with one attached hydrogen (secondary N) is 2. The molecular formula is C27H27N5O3S. The Labute approximate surface area is 213 Å². The number of carboxylic acids is 1. The van der Waals surface area contributed by atoms with Crippen LogP contribution in [0, 0.1) is 5.41 Å². The number of aliphatic carboxylic acids is 1. The van der Waals surface area contributed by atoms with Gasteiger partial charge in [0, 0.05) is 41.7 Å². The quantitative estimate of drug-likeness (QED) is 0.339. The van der Waals surface area contributed by atoms with Gasteiger partial charge in [-0.1, -0.05) is 24.3 Å². The van der Waals surface area contributed by atoms with Crippen molar-refractivity contribution in [2.45, 2.75) is 38.6 Å². The molecule has 8 nitrogen and oxygen atoms in total. The van der Waals surface area contributed by atoms with Crippen molar-refractivity contribution < 1.29 is 19.3 Å². The van der Waals surface area contributed by atoms with Gasteiger partial charge in [-0.25, -0.2) is 9.55 Å². The van der Waals surface area contributed by atoms with Crippen molar-refractivity contribution in [2.75, 3.05) is 0 Å². The molecule has 5 rings (SSSR count). The Morgan fingerprint density at radius 1 is 1.14 bits per heavy atom. The van der Waals surface area contributed by atoms with Crippen molar-refractivity contribution in [2.24, 2.45) is 12.5 Å².